The van der Waals surface area contributed by atoms with Gasteiger partial charge in [0.1, 0.15) is 13.3 Å². The third kappa shape index (κ3) is 3.41. The molecule has 0 heterocycles. The van der Waals surface area contributed by atoms with Crippen molar-refractivity contribution in [3.63, 3.8) is 0 Å². The van der Waals surface area contributed by atoms with Crippen LogP contribution in [0.2, 0.25) is 0 Å². The lowest BCUT2D eigenvalue weighted by Crippen LogP contribution is -2.62. The van der Waals surface area contributed by atoms with E-state index < -0.39 is 0 Å². The Morgan fingerprint density at radius 1 is 1.67 bits per heavy atom. The van der Waals surface area contributed by atoms with Crippen molar-refractivity contribution in [2.45, 2.75) is 0 Å². The van der Waals surface area contributed by atoms with Crippen molar-refractivity contribution < 1.29 is 9.79 Å². The SMILES string of the molecule is C=C/C(C=O)=C\C=[NH+]C. The molecule has 0 rings (SSSR count). The lowest BCUT2D eigenvalue weighted by Gasteiger charge is -1.77. The fourth-order valence-corrected chi connectivity index (χ4v) is 0.335. The van der Waals surface area contributed by atoms with Crippen LogP contribution in [-0.4, -0.2) is 19.5 Å². The molecule has 9 heavy (non-hydrogen) atoms. The van der Waals surface area contributed by atoms with Gasteiger partial charge in [0.25, 0.3) is 0 Å². The second kappa shape index (κ2) is 4.97. The molecule has 0 fully saturated rings. The summed E-state index contributed by atoms with van der Waals surface area (Å²) in [5.41, 5.74) is 0.573. The highest BCUT2D eigenvalue weighted by Crippen LogP contribution is 1.84. The van der Waals surface area contributed by atoms with Gasteiger partial charge in [-0.1, -0.05) is 12.7 Å². The summed E-state index contributed by atoms with van der Waals surface area (Å²) in [7, 11) is 1.77. The molecule has 0 aliphatic carbocycles. The van der Waals surface area contributed by atoms with E-state index >= 15 is 0 Å². The van der Waals surface area contributed by atoms with Crippen molar-refractivity contribution in [1.82, 2.24) is 0 Å². The molecule has 0 unspecified atom stereocenters. The zero-order chi connectivity index (χ0) is 7.11. The molecule has 0 saturated heterocycles. The zero-order valence-corrected chi connectivity index (χ0v) is 5.42. The van der Waals surface area contributed by atoms with Gasteiger partial charge in [-0.3, -0.25) is 9.79 Å². The highest BCUT2D eigenvalue weighted by Gasteiger charge is 1.82. The first kappa shape index (κ1) is 7.82. The normalized spacial score (nSPS) is 11.9. The number of rotatable bonds is 3. The van der Waals surface area contributed by atoms with Crippen LogP contribution in [0.15, 0.2) is 24.3 Å². The minimum atomic E-state index is 0.573. The average Bonchev–Trinajstić information content (AvgIpc) is 1.91. The fourth-order valence-electron chi connectivity index (χ4n) is 0.335. The summed E-state index contributed by atoms with van der Waals surface area (Å²) >= 11 is 0. The Hall–Kier alpha value is -1.18. The summed E-state index contributed by atoms with van der Waals surface area (Å²) in [6.07, 6.45) is 5.58. The van der Waals surface area contributed by atoms with E-state index in [-0.39, 0.29) is 0 Å². The first-order chi connectivity index (χ1) is 4.35. The minimum Gasteiger partial charge on any atom is -0.298 e. The molecule has 0 aromatic carbocycles. The standard InChI is InChI=1S/C7H9NO/c1-3-7(6-9)4-5-8-2/h3-6H,1H2,2H3/p+1/b7-4+,8-5?. The Kier molecular flexibility index (Phi) is 4.32. The number of carbonyl (C=O) groups is 1. The molecule has 48 valence electrons. The Morgan fingerprint density at radius 2 is 2.33 bits per heavy atom. The minimum absolute atomic E-state index is 0.573. The van der Waals surface area contributed by atoms with Crippen LogP contribution in [0.25, 0.3) is 0 Å². The van der Waals surface area contributed by atoms with E-state index in [4.69, 9.17) is 0 Å². The quantitative estimate of drug-likeness (QED) is 0.224. The monoisotopic (exact) mass is 124 g/mol. The van der Waals surface area contributed by atoms with Gasteiger partial charge in [0, 0.05) is 11.6 Å². The average molecular weight is 124 g/mol. The maximum atomic E-state index is 10.1. The second-order valence-corrected chi connectivity index (χ2v) is 1.44. The number of allylic oxidation sites excluding steroid dienone is 3. The number of hydrogen-bond acceptors (Lipinski definition) is 1. The van der Waals surface area contributed by atoms with Crippen LogP contribution in [0.4, 0.5) is 0 Å². The smallest absolute Gasteiger partial charge is 0.162 e. The first-order valence-corrected chi connectivity index (χ1v) is 2.63. The number of nitrogens with one attached hydrogen (secondary N) is 1. The van der Waals surface area contributed by atoms with Gasteiger partial charge in [-0.25, -0.2) is 0 Å². The summed E-state index contributed by atoms with van der Waals surface area (Å²) in [5.74, 6) is 0. The molecule has 0 aromatic heterocycles. The molecule has 0 amide bonds. The van der Waals surface area contributed by atoms with Crippen molar-refractivity contribution >= 4 is 12.5 Å². The van der Waals surface area contributed by atoms with Gasteiger partial charge in [-0.2, -0.15) is 0 Å². The van der Waals surface area contributed by atoms with Crippen molar-refractivity contribution in [2.24, 2.45) is 0 Å². The second-order valence-electron chi connectivity index (χ2n) is 1.44. The third-order valence-electron chi connectivity index (χ3n) is 0.814. The van der Waals surface area contributed by atoms with Crippen LogP contribution in [0, 0.1) is 0 Å². The van der Waals surface area contributed by atoms with Gasteiger partial charge in [0.05, 0.1) is 0 Å². The lowest BCUT2D eigenvalue weighted by molar-refractivity contribution is -0.413. The molecule has 0 aliphatic rings. The summed E-state index contributed by atoms with van der Waals surface area (Å²) in [6.45, 7) is 3.44. The topological polar surface area (TPSA) is 31.0 Å². The van der Waals surface area contributed by atoms with Gasteiger partial charge in [0.2, 0.25) is 0 Å². The highest BCUT2D eigenvalue weighted by molar-refractivity contribution is 5.84. The fraction of sp³-hybridized carbons (Fsp3) is 0.143. The van der Waals surface area contributed by atoms with E-state index in [1.807, 2.05) is 0 Å². The van der Waals surface area contributed by atoms with Crippen LogP contribution >= 0.6 is 0 Å². The van der Waals surface area contributed by atoms with Crippen LogP contribution < -0.4 is 4.99 Å². The zero-order valence-electron chi connectivity index (χ0n) is 5.42. The molecule has 2 heteroatoms. The molecule has 0 saturated carbocycles. The van der Waals surface area contributed by atoms with Crippen molar-refractivity contribution in [1.29, 1.82) is 0 Å². The summed E-state index contributed by atoms with van der Waals surface area (Å²) in [4.78, 5) is 12.8. The lowest BCUT2D eigenvalue weighted by atomic mass is 10.3. The largest absolute Gasteiger partial charge is 0.298 e. The van der Waals surface area contributed by atoms with Crippen molar-refractivity contribution in [3.8, 4) is 0 Å². The molecule has 0 spiro atoms. The van der Waals surface area contributed by atoms with E-state index in [0.29, 0.717) is 5.57 Å². The van der Waals surface area contributed by atoms with E-state index in [9.17, 15) is 4.79 Å². The van der Waals surface area contributed by atoms with Gasteiger partial charge in [-0.05, 0) is 0 Å². The summed E-state index contributed by atoms with van der Waals surface area (Å²) < 4.78 is 0. The van der Waals surface area contributed by atoms with E-state index in [1.54, 1.807) is 19.3 Å². The molecular weight excluding hydrogens is 114 g/mol. The van der Waals surface area contributed by atoms with E-state index in [0.717, 1.165) is 6.29 Å². The number of carbonyl (C=O) groups excluding carboxylic acids is 1. The van der Waals surface area contributed by atoms with E-state index in [2.05, 4.69) is 11.6 Å². The molecular formula is C7H10NO+. The first-order valence-electron chi connectivity index (χ1n) is 2.63. The molecule has 1 N–H and O–H groups in total. The third-order valence-corrected chi connectivity index (χ3v) is 0.814. The van der Waals surface area contributed by atoms with Crippen molar-refractivity contribution in [2.75, 3.05) is 7.05 Å². The molecule has 2 nitrogen and oxygen atoms in total. The van der Waals surface area contributed by atoms with Crippen LogP contribution in [-0.2, 0) is 4.79 Å². The van der Waals surface area contributed by atoms with Gasteiger partial charge in [0.15, 0.2) is 6.21 Å². The van der Waals surface area contributed by atoms with Gasteiger partial charge in [-0.15, -0.1) is 0 Å². The number of aldehydes is 1. The van der Waals surface area contributed by atoms with Crippen molar-refractivity contribution in [3.05, 3.63) is 24.3 Å². The van der Waals surface area contributed by atoms with Crippen LogP contribution in [0.5, 0.6) is 0 Å². The molecule has 0 atom stereocenters. The van der Waals surface area contributed by atoms with Gasteiger partial charge >= 0.3 is 0 Å². The molecule has 0 bridgehead atoms. The maximum absolute atomic E-state index is 10.1. The Bertz CT molecular complexity index is 146. The van der Waals surface area contributed by atoms with Gasteiger partial charge < -0.3 is 0 Å². The summed E-state index contributed by atoms with van der Waals surface area (Å²) in [6, 6.07) is 0. The molecule has 0 radical (unpaired) electrons. The summed E-state index contributed by atoms with van der Waals surface area (Å²) in [5, 5.41) is 0. The Labute approximate surface area is 54.6 Å². The Morgan fingerprint density at radius 3 is 2.67 bits per heavy atom. The molecule has 0 aliphatic heterocycles. The molecule has 0 aromatic rings. The van der Waals surface area contributed by atoms with Crippen LogP contribution in [0.3, 0.4) is 0 Å². The Balaban J connectivity index is 4.06. The maximum Gasteiger partial charge on any atom is 0.162 e. The predicted molar refractivity (Wildman–Crippen MR) is 37.3 cm³/mol. The predicted octanol–water partition coefficient (Wildman–Crippen LogP) is -0.921. The van der Waals surface area contributed by atoms with Crippen LogP contribution in [0.1, 0.15) is 0 Å². The number of hydrogen-bond donors (Lipinski definition) is 1. The highest BCUT2D eigenvalue weighted by atomic mass is 16.1. The van der Waals surface area contributed by atoms with E-state index in [1.165, 1.54) is 6.08 Å².